The summed E-state index contributed by atoms with van der Waals surface area (Å²) in [4.78, 5) is 18.9. The van der Waals surface area contributed by atoms with E-state index in [4.69, 9.17) is 9.63 Å². The standard InChI is InChI=1S/C13H15N3O3/c1-2-9-5-4-8-14-12(9)13-15-10(19-16-13)6-3-7-11(17)18/h4-5,8H,2-3,6-7H2,1H3,(H,17,18). The van der Waals surface area contributed by atoms with Crippen molar-refractivity contribution in [1.29, 1.82) is 0 Å². The predicted molar refractivity (Wildman–Crippen MR) is 67.5 cm³/mol. The minimum atomic E-state index is -0.822. The number of carbonyl (C=O) groups is 1. The van der Waals surface area contributed by atoms with Crippen LogP contribution in [-0.4, -0.2) is 26.2 Å². The van der Waals surface area contributed by atoms with E-state index in [0.717, 1.165) is 17.7 Å². The maximum absolute atomic E-state index is 10.4. The molecule has 0 spiro atoms. The first-order valence-corrected chi connectivity index (χ1v) is 6.19. The van der Waals surface area contributed by atoms with Gasteiger partial charge in [-0.05, 0) is 24.5 Å². The molecular formula is C13H15N3O3. The van der Waals surface area contributed by atoms with Gasteiger partial charge in [0.15, 0.2) is 0 Å². The van der Waals surface area contributed by atoms with E-state index in [2.05, 4.69) is 15.1 Å². The molecule has 0 aliphatic carbocycles. The molecule has 6 nitrogen and oxygen atoms in total. The predicted octanol–water partition coefficient (Wildman–Crippen LogP) is 2.10. The van der Waals surface area contributed by atoms with Crippen LogP contribution in [0.15, 0.2) is 22.9 Å². The van der Waals surface area contributed by atoms with Gasteiger partial charge in [-0.25, -0.2) is 0 Å². The van der Waals surface area contributed by atoms with Crippen molar-refractivity contribution in [3.05, 3.63) is 29.8 Å². The lowest BCUT2D eigenvalue weighted by Gasteiger charge is -2.00. The van der Waals surface area contributed by atoms with Crippen molar-refractivity contribution in [2.24, 2.45) is 0 Å². The van der Waals surface area contributed by atoms with Crippen molar-refractivity contribution in [1.82, 2.24) is 15.1 Å². The van der Waals surface area contributed by atoms with Crippen LogP contribution in [0.2, 0.25) is 0 Å². The highest BCUT2D eigenvalue weighted by molar-refractivity contribution is 5.66. The van der Waals surface area contributed by atoms with E-state index in [-0.39, 0.29) is 6.42 Å². The van der Waals surface area contributed by atoms with E-state index < -0.39 is 5.97 Å². The van der Waals surface area contributed by atoms with Crippen LogP contribution in [0.5, 0.6) is 0 Å². The Kier molecular flexibility index (Phi) is 4.22. The third-order valence-corrected chi connectivity index (χ3v) is 2.73. The lowest BCUT2D eigenvalue weighted by atomic mass is 10.1. The fourth-order valence-corrected chi connectivity index (χ4v) is 1.77. The average molecular weight is 261 g/mol. The fourth-order valence-electron chi connectivity index (χ4n) is 1.77. The summed E-state index contributed by atoms with van der Waals surface area (Å²) in [6.07, 6.45) is 3.58. The summed E-state index contributed by atoms with van der Waals surface area (Å²) >= 11 is 0. The smallest absolute Gasteiger partial charge is 0.303 e. The van der Waals surface area contributed by atoms with Gasteiger partial charge in [-0.2, -0.15) is 4.98 Å². The molecule has 0 saturated heterocycles. The van der Waals surface area contributed by atoms with E-state index in [0.29, 0.717) is 24.6 Å². The van der Waals surface area contributed by atoms with Gasteiger partial charge < -0.3 is 9.63 Å². The van der Waals surface area contributed by atoms with Crippen LogP contribution in [0.3, 0.4) is 0 Å². The summed E-state index contributed by atoms with van der Waals surface area (Å²) in [5.41, 5.74) is 1.78. The van der Waals surface area contributed by atoms with Gasteiger partial charge in [0.2, 0.25) is 11.7 Å². The second-order valence-corrected chi connectivity index (χ2v) is 4.12. The van der Waals surface area contributed by atoms with E-state index in [1.807, 2.05) is 19.1 Å². The van der Waals surface area contributed by atoms with Crippen molar-refractivity contribution < 1.29 is 14.4 Å². The average Bonchev–Trinajstić information content (AvgIpc) is 2.87. The molecule has 0 fully saturated rings. The first kappa shape index (κ1) is 13.2. The maximum Gasteiger partial charge on any atom is 0.303 e. The Morgan fingerprint density at radius 3 is 3.05 bits per heavy atom. The zero-order valence-electron chi connectivity index (χ0n) is 10.7. The Hall–Kier alpha value is -2.24. The third-order valence-electron chi connectivity index (χ3n) is 2.73. The molecule has 2 heterocycles. The number of nitrogens with zero attached hydrogens (tertiary/aromatic N) is 3. The lowest BCUT2D eigenvalue weighted by Crippen LogP contribution is -1.96. The molecule has 0 bridgehead atoms. The van der Waals surface area contributed by atoms with Crippen molar-refractivity contribution in [2.75, 3.05) is 0 Å². The highest BCUT2D eigenvalue weighted by Crippen LogP contribution is 2.18. The largest absolute Gasteiger partial charge is 0.481 e. The van der Waals surface area contributed by atoms with Gasteiger partial charge in [0, 0.05) is 19.0 Å². The first-order chi connectivity index (χ1) is 9.20. The van der Waals surface area contributed by atoms with E-state index in [1.165, 1.54) is 0 Å². The minimum absolute atomic E-state index is 0.0987. The summed E-state index contributed by atoms with van der Waals surface area (Å²) in [5, 5.41) is 12.5. The molecule has 2 rings (SSSR count). The van der Waals surface area contributed by atoms with E-state index in [1.54, 1.807) is 6.20 Å². The van der Waals surface area contributed by atoms with E-state index >= 15 is 0 Å². The monoisotopic (exact) mass is 261 g/mol. The fraction of sp³-hybridized carbons (Fsp3) is 0.385. The van der Waals surface area contributed by atoms with E-state index in [9.17, 15) is 4.79 Å². The minimum Gasteiger partial charge on any atom is -0.481 e. The van der Waals surface area contributed by atoms with Crippen LogP contribution < -0.4 is 0 Å². The molecule has 1 N–H and O–H groups in total. The molecule has 0 aromatic carbocycles. The highest BCUT2D eigenvalue weighted by Gasteiger charge is 2.13. The van der Waals surface area contributed by atoms with Crippen molar-refractivity contribution >= 4 is 5.97 Å². The number of aryl methyl sites for hydroxylation is 2. The molecule has 0 atom stereocenters. The highest BCUT2D eigenvalue weighted by atomic mass is 16.5. The zero-order chi connectivity index (χ0) is 13.7. The van der Waals surface area contributed by atoms with Crippen molar-refractivity contribution in [3.8, 4) is 11.5 Å². The van der Waals surface area contributed by atoms with Crippen molar-refractivity contribution in [2.45, 2.75) is 32.6 Å². The van der Waals surface area contributed by atoms with Crippen LogP contribution in [0.1, 0.15) is 31.2 Å². The van der Waals surface area contributed by atoms with Gasteiger partial charge in [-0.3, -0.25) is 9.78 Å². The molecule has 6 heteroatoms. The van der Waals surface area contributed by atoms with Gasteiger partial charge in [-0.15, -0.1) is 0 Å². The lowest BCUT2D eigenvalue weighted by molar-refractivity contribution is -0.137. The topological polar surface area (TPSA) is 89.1 Å². The summed E-state index contributed by atoms with van der Waals surface area (Å²) in [6.45, 7) is 2.04. The summed E-state index contributed by atoms with van der Waals surface area (Å²) in [6, 6.07) is 3.85. The van der Waals surface area contributed by atoms with Crippen LogP contribution in [0, 0.1) is 0 Å². The third kappa shape index (κ3) is 3.37. The van der Waals surface area contributed by atoms with Gasteiger partial charge in [0.05, 0.1) is 0 Å². The molecule has 0 saturated carbocycles. The van der Waals surface area contributed by atoms with Crippen LogP contribution in [0.4, 0.5) is 0 Å². The van der Waals surface area contributed by atoms with Gasteiger partial charge >= 0.3 is 5.97 Å². The quantitative estimate of drug-likeness (QED) is 0.856. The van der Waals surface area contributed by atoms with Crippen LogP contribution in [0.25, 0.3) is 11.5 Å². The van der Waals surface area contributed by atoms with Crippen LogP contribution in [-0.2, 0) is 17.6 Å². The molecular weight excluding hydrogens is 246 g/mol. The molecule has 0 aliphatic rings. The number of hydrogen-bond acceptors (Lipinski definition) is 5. The molecule has 0 amide bonds. The first-order valence-electron chi connectivity index (χ1n) is 6.19. The summed E-state index contributed by atoms with van der Waals surface area (Å²) < 4.78 is 5.11. The number of aliphatic carboxylic acids is 1. The molecule has 19 heavy (non-hydrogen) atoms. The SMILES string of the molecule is CCc1cccnc1-c1noc(CCCC(=O)O)n1. The summed E-state index contributed by atoms with van der Waals surface area (Å²) in [5.74, 6) is 0.0875. The Morgan fingerprint density at radius 1 is 1.47 bits per heavy atom. The van der Waals surface area contributed by atoms with Gasteiger partial charge in [0.1, 0.15) is 5.69 Å². The number of rotatable bonds is 6. The number of aromatic nitrogens is 3. The number of carboxylic acids is 1. The second kappa shape index (κ2) is 6.08. The van der Waals surface area contributed by atoms with Gasteiger partial charge in [0.25, 0.3) is 0 Å². The van der Waals surface area contributed by atoms with Crippen molar-refractivity contribution in [3.63, 3.8) is 0 Å². The summed E-state index contributed by atoms with van der Waals surface area (Å²) in [7, 11) is 0. The molecule has 2 aromatic heterocycles. The number of pyridine rings is 1. The molecule has 100 valence electrons. The zero-order valence-corrected chi connectivity index (χ0v) is 10.7. The molecule has 0 aliphatic heterocycles. The Balaban J connectivity index is 2.10. The molecule has 0 radical (unpaired) electrons. The molecule has 2 aromatic rings. The number of hydrogen-bond donors (Lipinski definition) is 1. The number of carboxylic acid groups (broad SMARTS) is 1. The Bertz CT molecular complexity index is 566. The second-order valence-electron chi connectivity index (χ2n) is 4.12. The maximum atomic E-state index is 10.4. The van der Waals surface area contributed by atoms with Gasteiger partial charge in [-0.1, -0.05) is 18.1 Å². The Labute approximate surface area is 110 Å². The normalized spacial score (nSPS) is 10.6. The Morgan fingerprint density at radius 2 is 2.32 bits per heavy atom. The van der Waals surface area contributed by atoms with Crippen LogP contribution >= 0.6 is 0 Å². The molecule has 0 unspecified atom stereocenters.